The average molecular weight is 400 g/mol. The fraction of sp³-hybridized carbons (Fsp3) is 0.188. The summed E-state index contributed by atoms with van der Waals surface area (Å²) < 4.78 is 6.53. The maximum absolute atomic E-state index is 6.05. The Hall–Kier alpha value is -1.30. The van der Waals surface area contributed by atoms with Crippen LogP contribution in [0.2, 0.25) is 5.02 Å². The van der Waals surface area contributed by atoms with Crippen LogP contribution in [-0.2, 0) is 0 Å². The van der Waals surface area contributed by atoms with Crippen LogP contribution in [0.15, 0.2) is 53.0 Å². The summed E-state index contributed by atoms with van der Waals surface area (Å²) in [5.74, 6) is 0.842. The molecule has 0 fully saturated rings. The molecule has 2 aromatic rings. The second-order valence-corrected chi connectivity index (χ2v) is 6.42. The molecule has 0 saturated heterocycles. The number of halogens is 2. The van der Waals surface area contributed by atoms with Gasteiger partial charge >= 0.3 is 0 Å². The maximum Gasteiger partial charge on any atom is 0.171 e. The average Bonchev–Trinajstić information content (AvgIpc) is 2.50. The number of hydrogen-bond acceptors (Lipinski definition) is 2. The predicted octanol–water partition coefficient (Wildman–Crippen LogP) is 4.86. The van der Waals surface area contributed by atoms with Crippen molar-refractivity contribution in [2.75, 3.05) is 11.9 Å². The topological polar surface area (TPSA) is 33.3 Å². The smallest absolute Gasteiger partial charge is 0.171 e. The van der Waals surface area contributed by atoms with Gasteiger partial charge in [-0.3, -0.25) is 0 Å². The van der Waals surface area contributed by atoms with E-state index in [0.29, 0.717) is 16.7 Å². The Morgan fingerprint density at radius 3 is 2.68 bits per heavy atom. The molecule has 22 heavy (non-hydrogen) atoms. The minimum Gasteiger partial charge on any atom is -0.491 e. The zero-order valence-electron chi connectivity index (χ0n) is 12.0. The van der Waals surface area contributed by atoms with Gasteiger partial charge in [0.1, 0.15) is 12.4 Å². The van der Waals surface area contributed by atoms with Gasteiger partial charge in [-0.1, -0.05) is 29.8 Å². The van der Waals surface area contributed by atoms with Gasteiger partial charge in [0.2, 0.25) is 0 Å². The third kappa shape index (κ3) is 5.48. The lowest BCUT2D eigenvalue weighted by molar-refractivity contribution is 0.287. The Bertz CT molecular complexity index is 639. The molecule has 0 aliphatic rings. The van der Waals surface area contributed by atoms with E-state index in [-0.39, 0.29) is 6.04 Å². The first kappa shape index (κ1) is 17.1. The van der Waals surface area contributed by atoms with Crippen LogP contribution in [-0.4, -0.2) is 17.8 Å². The third-order valence-corrected chi connectivity index (χ3v) is 4.25. The molecule has 6 heteroatoms. The second-order valence-electron chi connectivity index (χ2n) is 4.75. The number of nitrogens with one attached hydrogen (secondary N) is 2. The highest BCUT2D eigenvalue weighted by molar-refractivity contribution is 9.10. The minimum absolute atomic E-state index is 0.0751. The van der Waals surface area contributed by atoms with Gasteiger partial charge in [0.05, 0.1) is 11.1 Å². The van der Waals surface area contributed by atoms with Crippen molar-refractivity contribution >= 4 is 50.5 Å². The molecular formula is C16H16BrClN2OS. The van der Waals surface area contributed by atoms with E-state index < -0.39 is 0 Å². The van der Waals surface area contributed by atoms with Gasteiger partial charge in [0, 0.05) is 10.2 Å². The van der Waals surface area contributed by atoms with Crippen molar-refractivity contribution in [1.82, 2.24) is 5.32 Å². The van der Waals surface area contributed by atoms with Gasteiger partial charge in [-0.2, -0.15) is 0 Å². The first-order valence-electron chi connectivity index (χ1n) is 6.75. The molecule has 3 nitrogen and oxygen atoms in total. The zero-order chi connectivity index (χ0) is 15.9. The Morgan fingerprint density at radius 1 is 1.27 bits per heavy atom. The summed E-state index contributed by atoms with van der Waals surface area (Å²) in [6, 6.07) is 15.3. The van der Waals surface area contributed by atoms with Crippen LogP contribution in [0.5, 0.6) is 5.75 Å². The number of thiocarbonyl (C=S) groups is 1. The molecular weight excluding hydrogens is 384 g/mol. The Balaban J connectivity index is 1.79. The van der Waals surface area contributed by atoms with Crippen LogP contribution in [0.25, 0.3) is 0 Å². The van der Waals surface area contributed by atoms with Crippen molar-refractivity contribution in [3.8, 4) is 5.75 Å². The number of hydrogen-bond donors (Lipinski definition) is 2. The SMILES string of the molecule is CC(COc1ccccc1)NC(=S)Nc1ccc(Br)c(Cl)c1. The largest absolute Gasteiger partial charge is 0.491 e. The molecule has 2 aromatic carbocycles. The van der Waals surface area contributed by atoms with E-state index in [4.69, 9.17) is 28.6 Å². The molecule has 1 unspecified atom stereocenters. The number of rotatable bonds is 5. The zero-order valence-corrected chi connectivity index (χ0v) is 15.1. The lowest BCUT2D eigenvalue weighted by atomic mass is 10.3. The van der Waals surface area contributed by atoms with E-state index in [1.165, 1.54) is 0 Å². The molecule has 1 atom stereocenters. The predicted molar refractivity (Wildman–Crippen MR) is 99.9 cm³/mol. The highest BCUT2D eigenvalue weighted by atomic mass is 79.9. The van der Waals surface area contributed by atoms with Crippen LogP contribution in [0.1, 0.15) is 6.92 Å². The van der Waals surface area contributed by atoms with Gasteiger partial charge in [0.25, 0.3) is 0 Å². The van der Waals surface area contributed by atoms with E-state index in [0.717, 1.165) is 15.9 Å². The Kier molecular flexibility index (Phi) is 6.49. The lowest BCUT2D eigenvalue weighted by Gasteiger charge is -2.18. The van der Waals surface area contributed by atoms with Gasteiger partial charge in [-0.15, -0.1) is 0 Å². The van der Waals surface area contributed by atoms with Gasteiger partial charge < -0.3 is 15.4 Å². The summed E-state index contributed by atoms with van der Waals surface area (Å²) >= 11 is 14.7. The normalized spacial score (nSPS) is 11.6. The molecule has 2 N–H and O–H groups in total. The van der Waals surface area contributed by atoms with E-state index >= 15 is 0 Å². The van der Waals surface area contributed by atoms with E-state index in [1.54, 1.807) is 0 Å². The summed E-state index contributed by atoms with van der Waals surface area (Å²) in [7, 11) is 0. The summed E-state index contributed by atoms with van der Waals surface area (Å²) in [4.78, 5) is 0. The number of ether oxygens (including phenoxy) is 1. The van der Waals surface area contributed by atoms with Crippen LogP contribution in [0.3, 0.4) is 0 Å². The molecule has 116 valence electrons. The Labute approximate surface area is 149 Å². The fourth-order valence-electron chi connectivity index (χ4n) is 1.74. The van der Waals surface area contributed by atoms with Crippen LogP contribution in [0.4, 0.5) is 5.69 Å². The van der Waals surface area contributed by atoms with Crippen molar-refractivity contribution in [3.63, 3.8) is 0 Å². The number of anilines is 1. The minimum atomic E-state index is 0.0751. The molecule has 0 aliphatic carbocycles. The molecule has 0 spiro atoms. The van der Waals surface area contributed by atoms with Crippen LogP contribution in [0, 0.1) is 0 Å². The summed E-state index contributed by atoms with van der Waals surface area (Å²) in [5.41, 5.74) is 0.835. The van der Waals surface area contributed by atoms with E-state index in [9.17, 15) is 0 Å². The summed E-state index contributed by atoms with van der Waals surface area (Å²) in [6.07, 6.45) is 0. The molecule has 0 heterocycles. The van der Waals surface area contributed by atoms with E-state index in [1.807, 2.05) is 55.5 Å². The molecule has 0 aromatic heterocycles. The highest BCUT2D eigenvalue weighted by Crippen LogP contribution is 2.25. The molecule has 0 aliphatic heterocycles. The van der Waals surface area contributed by atoms with Crippen molar-refractivity contribution in [2.24, 2.45) is 0 Å². The lowest BCUT2D eigenvalue weighted by Crippen LogP contribution is -2.39. The third-order valence-electron chi connectivity index (χ3n) is 2.80. The van der Waals surface area contributed by atoms with Crippen LogP contribution >= 0.6 is 39.7 Å². The van der Waals surface area contributed by atoms with Gasteiger partial charge in [-0.25, -0.2) is 0 Å². The number of benzene rings is 2. The fourth-order valence-corrected chi connectivity index (χ4v) is 2.49. The van der Waals surface area contributed by atoms with Crippen molar-refractivity contribution in [2.45, 2.75) is 13.0 Å². The van der Waals surface area contributed by atoms with E-state index in [2.05, 4.69) is 26.6 Å². The molecule has 0 saturated carbocycles. The maximum atomic E-state index is 6.05. The summed E-state index contributed by atoms with van der Waals surface area (Å²) in [6.45, 7) is 2.53. The first-order valence-corrected chi connectivity index (χ1v) is 8.33. The number of para-hydroxylation sites is 1. The van der Waals surface area contributed by atoms with Gasteiger partial charge in [-0.05, 0) is 65.4 Å². The molecule has 2 rings (SSSR count). The molecule has 0 bridgehead atoms. The molecule has 0 radical (unpaired) electrons. The summed E-state index contributed by atoms with van der Waals surface area (Å²) in [5, 5.41) is 7.43. The quantitative estimate of drug-likeness (QED) is 0.704. The first-order chi connectivity index (χ1) is 10.5. The monoisotopic (exact) mass is 398 g/mol. The van der Waals surface area contributed by atoms with Crippen molar-refractivity contribution in [3.05, 3.63) is 58.0 Å². The standard InChI is InChI=1S/C16H16BrClN2OS/c1-11(10-21-13-5-3-2-4-6-13)19-16(22)20-12-7-8-14(17)15(18)9-12/h2-9,11H,10H2,1H3,(H2,19,20,22). The Morgan fingerprint density at radius 2 is 2.00 bits per heavy atom. The molecule has 0 amide bonds. The van der Waals surface area contributed by atoms with Crippen molar-refractivity contribution in [1.29, 1.82) is 0 Å². The van der Waals surface area contributed by atoms with Crippen LogP contribution < -0.4 is 15.4 Å². The second kappa shape index (κ2) is 8.36. The van der Waals surface area contributed by atoms with Gasteiger partial charge in [0.15, 0.2) is 5.11 Å². The van der Waals surface area contributed by atoms with Crippen molar-refractivity contribution < 1.29 is 4.74 Å². The highest BCUT2D eigenvalue weighted by Gasteiger charge is 2.06.